The Morgan fingerprint density at radius 1 is 1.38 bits per heavy atom. The Hall–Kier alpha value is -0.470. The van der Waals surface area contributed by atoms with Crippen LogP contribution in [-0.2, 0) is 4.75 Å². The Morgan fingerprint density at radius 2 is 2.00 bits per heavy atom. The van der Waals surface area contributed by atoms with Crippen molar-refractivity contribution in [3.05, 3.63) is 35.4 Å². The average Bonchev–Trinajstić information content (AvgIpc) is 2.17. The molecule has 1 atom stereocenters. The summed E-state index contributed by atoms with van der Waals surface area (Å²) in [5.41, 5.74) is 8.47. The molecule has 2 heteroatoms. The third-order valence-corrected chi connectivity index (χ3v) is 3.84. The maximum atomic E-state index is 5.80. The lowest BCUT2D eigenvalue weighted by Crippen LogP contribution is -2.28. The molecule has 0 heterocycles. The fourth-order valence-corrected chi connectivity index (χ4v) is 2.09. The summed E-state index contributed by atoms with van der Waals surface area (Å²) in [5.74, 6) is 0. The van der Waals surface area contributed by atoms with Gasteiger partial charge in [-0.1, -0.05) is 24.3 Å². The summed E-state index contributed by atoms with van der Waals surface area (Å²) in [5, 5.41) is 0. The Bertz CT molecular complexity index is 279. The summed E-state index contributed by atoms with van der Waals surface area (Å²) in [7, 11) is 0. The largest absolute Gasteiger partial charge is 0.329 e. The fourth-order valence-electron chi connectivity index (χ4n) is 1.47. The van der Waals surface area contributed by atoms with Gasteiger partial charge in [-0.15, -0.1) is 0 Å². The lowest BCUT2D eigenvalue weighted by molar-refractivity contribution is 0.700. The standard InChI is InChI=1S/C11H17NS/c1-9-6-4-5-7-10(9)11(2,8-12)13-3/h4-7H,8,12H2,1-3H3. The first-order valence-electron chi connectivity index (χ1n) is 4.45. The van der Waals surface area contributed by atoms with Crippen LogP contribution in [0.1, 0.15) is 18.1 Å². The van der Waals surface area contributed by atoms with E-state index < -0.39 is 0 Å². The zero-order chi connectivity index (χ0) is 9.90. The maximum Gasteiger partial charge on any atom is 0.0501 e. The number of benzene rings is 1. The van der Waals surface area contributed by atoms with E-state index in [0.717, 1.165) is 0 Å². The molecule has 0 radical (unpaired) electrons. The molecule has 0 fully saturated rings. The highest BCUT2D eigenvalue weighted by Gasteiger charge is 2.24. The van der Waals surface area contributed by atoms with Gasteiger partial charge in [-0.2, -0.15) is 11.8 Å². The number of nitrogens with two attached hydrogens (primary N) is 1. The van der Waals surface area contributed by atoms with Crippen molar-refractivity contribution in [3.63, 3.8) is 0 Å². The molecular formula is C11H17NS. The van der Waals surface area contributed by atoms with Gasteiger partial charge in [0.2, 0.25) is 0 Å². The van der Waals surface area contributed by atoms with Crippen LogP contribution in [0.4, 0.5) is 0 Å². The minimum absolute atomic E-state index is 0.0609. The van der Waals surface area contributed by atoms with E-state index in [9.17, 15) is 0 Å². The van der Waals surface area contributed by atoms with Crippen molar-refractivity contribution in [2.45, 2.75) is 18.6 Å². The molecule has 72 valence electrons. The van der Waals surface area contributed by atoms with Gasteiger partial charge in [-0.3, -0.25) is 0 Å². The van der Waals surface area contributed by atoms with Crippen LogP contribution in [-0.4, -0.2) is 12.8 Å². The molecule has 1 aromatic rings. The number of aryl methyl sites for hydroxylation is 1. The summed E-state index contributed by atoms with van der Waals surface area (Å²) < 4.78 is 0.0609. The maximum absolute atomic E-state index is 5.80. The van der Waals surface area contributed by atoms with Crippen LogP contribution in [0.25, 0.3) is 0 Å². The summed E-state index contributed by atoms with van der Waals surface area (Å²) in [6, 6.07) is 8.45. The lowest BCUT2D eigenvalue weighted by Gasteiger charge is -2.27. The molecule has 0 bridgehead atoms. The van der Waals surface area contributed by atoms with E-state index in [1.807, 2.05) is 11.8 Å². The minimum atomic E-state index is 0.0609. The van der Waals surface area contributed by atoms with Crippen molar-refractivity contribution in [2.75, 3.05) is 12.8 Å². The summed E-state index contributed by atoms with van der Waals surface area (Å²) in [4.78, 5) is 0. The van der Waals surface area contributed by atoms with Crippen LogP contribution < -0.4 is 5.73 Å². The van der Waals surface area contributed by atoms with E-state index in [0.29, 0.717) is 6.54 Å². The molecule has 0 aliphatic heterocycles. The molecule has 0 amide bonds. The molecule has 1 nitrogen and oxygen atoms in total. The Kier molecular flexibility index (Phi) is 3.40. The Balaban J connectivity index is 3.12. The van der Waals surface area contributed by atoms with Crippen LogP contribution in [0.5, 0.6) is 0 Å². The van der Waals surface area contributed by atoms with Crippen LogP contribution in [0.15, 0.2) is 24.3 Å². The highest BCUT2D eigenvalue weighted by atomic mass is 32.2. The van der Waals surface area contributed by atoms with Crippen molar-refractivity contribution >= 4 is 11.8 Å². The molecule has 0 saturated heterocycles. The van der Waals surface area contributed by atoms with E-state index in [2.05, 4.69) is 44.4 Å². The zero-order valence-corrected chi connectivity index (χ0v) is 9.32. The van der Waals surface area contributed by atoms with E-state index in [1.165, 1.54) is 11.1 Å². The number of hydrogen-bond donors (Lipinski definition) is 1. The highest BCUT2D eigenvalue weighted by molar-refractivity contribution is 7.99. The van der Waals surface area contributed by atoms with Crippen molar-refractivity contribution < 1.29 is 0 Å². The van der Waals surface area contributed by atoms with Gasteiger partial charge in [-0.25, -0.2) is 0 Å². The molecule has 1 rings (SSSR count). The molecule has 0 saturated carbocycles. The minimum Gasteiger partial charge on any atom is -0.329 e. The van der Waals surface area contributed by atoms with E-state index in [-0.39, 0.29) is 4.75 Å². The smallest absolute Gasteiger partial charge is 0.0501 e. The summed E-state index contributed by atoms with van der Waals surface area (Å²) >= 11 is 1.81. The second-order valence-electron chi connectivity index (χ2n) is 3.45. The predicted octanol–water partition coefficient (Wildman–Crippen LogP) is 2.53. The molecular weight excluding hydrogens is 178 g/mol. The SMILES string of the molecule is CSC(C)(CN)c1ccccc1C. The van der Waals surface area contributed by atoms with Gasteiger partial charge in [-0.05, 0) is 31.2 Å². The normalized spacial score (nSPS) is 15.4. The molecule has 0 aliphatic carbocycles. The van der Waals surface area contributed by atoms with E-state index in [4.69, 9.17) is 5.73 Å². The van der Waals surface area contributed by atoms with Gasteiger partial charge in [0, 0.05) is 6.54 Å². The molecule has 0 aliphatic rings. The number of hydrogen-bond acceptors (Lipinski definition) is 2. The van der Waals surface area contributed by atoms with Gasteiger partial charge in [0.15, 0.2) is 0 Å². The molecule has 0 spiro atoms. The highest BCUT2D eigenvalue weighted by Crippen LogP contribution is 2.34. The summed E-state index contributed by atoms with van der Waals surface area (Å²) in [6.07, 6.45) is 2.11. The van der Waals surface area contributed by atoms with Crippen LogP contribution >= 0.6 is 11.8 Å². The first kappa shape index (κ1) is 10.6. The first-order chi connectivity index (χ1) is 6.14. The van der Waals surface area contributed by atoms with Gasteiger partial charge < -0.3 is 5.73 Å². The number of thioether (sulfide) groups is 1. The van der Waals surface area contributed by atoms with E-state index in [1.54, 1.807) is 0 Å². The third-order valence-electron chi connectivity index (χ3n) is 2.55. The average molecular weight is 195 g/mol. The van der Waals surface area contributed by atoms with Crippen molar-refractivity contribution in [1.82, 2.24) is 0 Å². The van der Waals surface area contributed by atoms with Gasteiger partial charge >= 0.3 is 0 Å². The Morgan fingerprint density at radius 3 is 2.46 bits per heavy atom. The third kappa shape index (κ3) is 2.06. The zero-order valence-electron chi connectivity index (χ0n) is 8.50. The second kappa shape index (κ2) is 4.16. The van der Waals surface area contributed by atoms with E-state index >= 15 is 0 Å². The van der Waals surface area contributed by atoms with Gasteiger partial charge in [0.05, 0.1) is 4.75 Å². The lowest BCUT2D eigenvalue weighted by atomic mass is 9.96. The van der Waals surface area contributed by atoms with Crippen LogP contribution in [0.2, 0.25) is 0 Å². The fraction of sp³-hybridized carbons (Fsp3) is 0.455. The molecule has 1 aromatic carbocycles. The van der Waals surface area contributed by atoms with Crippen LogP contribution in [0, 0.1) is 6.92 Å². The first-order valence-corrected chi connectivity index (χ1v) is 5.68. The second-order valence-corrected chi connectivity index (χ2v) is 4.76. The van der Waals surface area contributed by atoms with Crippen molar-refractivity contribution in [3.8, 4) is 0 Å². The topological polar surface area (TPSA) is 26.0 Å². The van der Waals surface area contributed by atoms with Crippen LogP contribution in [0.3, 0.4) is 0 Å². The predicted molar refractivity (Wildman–Crippen MR) is 61.1 cm³/mol. The summed E-state index contributed by atoms with van der Waals surface area (Å²) in [6.45, 7) is 5.01. The van der Waals surface area contributed by atoms with Crippen molar-refractivity contribution in [1.29, 1.82) is 0 Å². The van der Waals surface area contributed by atoms with Gasteiger partial charge in [0.1, 0.15) is 0 Å². The molecule has 0 aromatic heterocycles. The molecule has 2 N–H and O–H groups in total. The molecule has 1 unspecified atom stereocenters. The van der Waals surface area contributed by atoms with Gasteiger partial charge in [0.25, 0.3) is 0 Å². The molecule has 13 heavy (non-hydrogen) atoms. The quantitative estimate of drug-likeness (QED) is 0.802. The van der Waals surface area contributed by atoms with Crippen molar-refractivity contribution in [2.24, 2.45) is 5.73 Å². The monoisotopic (exact) mass is 195 g/mol. The Labute approximate surface area is 84.7 Å². The number of rotatable bonds is 3.